The molecule has 1 aliphatic rings. The average molecular weight is 337 g/mol. The van der Waals surface area contributed by atoms with Gasteiger partial charge in [0.25, 0.3) is 11.5 Å². The first-order chi connectivity index (χ1) is 12.1. The van der Waals surface area contributed by atoms with Gasteiger partial charge >= 0.3 is 0 Å². The molecule has 0 spiro atoms. The lowest BCUT2D eigenvalue weighted by Crippen LogP contribution is -2.40. The number of amides is 1. The molecule has 0 bridgehead atoms. The molecule has 3 aromatic rings. The largest absolute Gasteiger partial charge is 0.346 e. The number of piperidine rings is 1. The Morgan fingerprint density at radius 2 is 2.08 bits per heavy atom. The summed E-state index contributed by atoms with van der Waals surface area (Å²) in [6, 6.07) is 7.06. The minimum atomic E-state index is -0.283. The number of hydrogen-bond donors (Lipinski definition) is 2. The maximum atomic E-state index is 13.0. The molecule has 4 rings (SSSR count). The molecule has 1 aromatic carbocycles. The zero-order chi connectivity index (χ0) is 17.4. The second-order valence-electron chi connectivity index (χ2n) is 6.49. The third-order valence-electron chi connectivity index (χ3n) is 4.72. The van der Waals surface area contributed by atoms with Crippen LogP contribution in [0.4, 0.5) is 0 Å². The monoisotopic (exact) mass is 337 g/mol. The summed E-state index contributed by atoms with van der Waals surface area (Å²) in [4.78, 5) is 34.4. The molecule has 0 saturated carbocycles. The van der Waals surface area contributed by atoms with Crippen molar-refractivity contribution in [2.75, 3.05) is 13.1 Å². The molecule has 3 heterocycles. The van der Waals surface area contributed by atoms with Gasteiger partial charge in [0.1, 0.15) is 5.82 Å². The van der Waals surface area contributed by atoms with Gasteiger partial charge < -0.3 is 9.88 Å². The normalized spacial score (nSPS) is 17.8. The van der Waals surface area contributed by atoms with Gasteiger partial charge in [-0.25, -0.2) is 10.1 Å². The number of fused-ring (bicyclic) bond motifs is 1. The van der Waals surface area contributed by atoms with Crippen LogP contribution < -0.4 is 5.56 Å². The Bertz CT molecular complexity index is 990. The van der Waals surface area contributed by atoms with E-state index >= 15 is 0 Å². The van der Waals surface area contributed by atoms with Crippen LogP contribution in [-0.4, -0.2) is 44.1 Å². The highest BCUT2D eigenvalue weighted by atomic mass is 16.2. The van der Waals surface area contributed by atoms with Crippen molar-refractivity contribution >= 4 is 16.7 Å². The fourth-order valence-corrected chi connectivity index (χ4v) is 3.45. The second-order valence-corrected chi connectivity index (χ2v) is 6.49. The summed E-state index contributed by atoms with van der Waals surface area (Å²) < 4.78 is 0. The first-order valence-corrected chi connectivity index (χ1v) is 8.41. The number of hydrogen-bond acceptors (Lipinski definition) is 4. The first kappa shape index (κ1) is 15.6. The van der Waals surface area contributed by atoms with Crippen LogP contribution in [0.5, 0.6) is 0 Å². The molecule has 0 radical (unpaired) electrons. The summed E-state index contributed by atoms with van der Waals surface area (Å²) in [5, 5.41) is 7.54. The van der Waals surface area contributed by atoms with Crippen LogP contribution in [0.15, 0.2) is 35.3 Å². The van der Waals surface area contributed by atoms with E-state index < -0.39 is 0 Å². The van der Waals surface area contributed by atoms with Gasteiger partial charge in [-0.1, -0.05) is 18.2 Å². The molecule has 1 unspecified atom stereocenters. The number of aromatic nitrogens is 4. The Morgan fingerprint density at radius 1 is 1.28 bits per heavy atom. The SMILES string of the molecule is Cc1cnc(C2CCCN(C(=O)c3n[nH]c(=O)c4ccccc34)C2)[nH]1. The van der Waals surface area contributed by atoms with Crippen LogP contribution in [0.2, 0.25) is 0 Å². The third kappa shape index (κ3) is 2.82. The van der Waals surface area contributed by atoms with Gasteiger partial charge in [0, 0.05) is 36.3 Å². The lowest BCUT2D eigenvalue weighted by molar-refractivity contribution is 0.0700. The third-order valence-corrected chi connectivity index (χ3v) is 4.72. The number of aromatic amines is 2. The lowest BCUT2D eigenvalue weighted by Gasteiger charge is -2.31. The highest BCUT2D eigenvalue weighted by Crippen LogP contribution is 2.26. The van der Waals surface area contributed by atoms with E-state index in [1.807, 2.05) is 19.2 Å². The van der Waals surface area contributed by atoms with E-state index in [1.54, 1.807) is 23.1 Å². The Balaban J connectivity index is 1.65. The standard InChI is InChI=1S/C18H19N5O2/c1-11-9-19-16(20-11)12-5-4-8-23(10-12)18(25)15-13-6-2-3-7-14(13)17(24)22-21-15/h2-3,6-7,9,12H,4-5,8,10H2,1H3,(H,19,20)(H,22,24). The van der Waals surface area contributed by atoms with Gasteiger partial charge in [-0.2, -0.15) is 5.10 Å². The van der Waals surface area contributed by atoms with Crippen molar-refractivity contribution in [3.05, 3.63) is 58.0 Å². The van der Waals surface area contributed by atoms with Crippen molar-refractivity contribution in [2.24, 2.45) is 0 Å². The van der Waals surface area contributed by atoms with Gasteiger partial charge in [0.15, 0.2) is 5.69 Å². The fourth-order valence-electron chi connectivity index (χ4n) is 3.45. The van der Waals surface area contributed by atoms with Gasteiger partial charge in [-0.3, -0.25) is 9.59 Å². The minimum Gasteiger partial charge on any atom is -0.346 e. The van der Waals surface area contributed by atoms with Crippen molar-refractivity contribution in [3.63, 3.8) is 0 Å². The predicted molar refractivity (Wildman–Crippen MR) is 93.6 cm³/mol. The van der Waals surface area contributed by atoms with Gasteiger partial charge in [-0.15, -0.1) is 0 Å². The molecule has 1 fully saturated rings. The zero-order valence-corrected chi connectivity index (χ0v) is 14.0. The Hall–Kier alpha value is -2.96. The zero-order valence-electron chi connectivity index (χ0n) is 14.0. The van der Waals surface area contributed by atoms with Crippen molar-refractivity contribution in [2.45, 2.75) is 25.7 Å². The highest BCUT2D eigenvalue weighted by Gasteiger charge is 2.28. The molecule has 128 valence electrons. The first-order valence-electron chi connectivity index (χ1n) is 8.41. The van der Waals surface area contributed by atoms with Crippen molar-refractivity contribution in [3.8, 4) is 0 Å². The van der Waals surface area contributed by atoms with Crippen LogP contribution in [0.1, 0.15) is 40.8 Å². The molecule has 25 heavy (non-hydrogen) atoms. The van der Waals surface area contributed by atoms with E-state index in [0.29, 0.717) is 29.6 Å². The number of likely N-dealkylation sites (tertiary alicyclic amines) is 1. The van der Waals surface area contributed by atoms with Gasteiger partial charge in [0.05, 0.1) is 5.39 Å². The molecule has 0 aliphatic carbocycles. The summed E-state index contributed by atoms with van der Waals surface area (Å²) in [6.07, 6.45) is 3.72. The van der Waals surface area contributed by atoms with E-state index in [4.69, 9.17) is 0 Å². The molecule has 2 N–H and O–H groups in total. The summed E-state index contributed by atoms with van der Waals surface area (Å²) in [6.45, 7) is 3.25. The number of H-pyrrole nitrogens is 2. The van der Waals surface area contributed by atoms with E-state index in [9.17, 15) is 9.59 Å². The Morgan fingerprint density at radius 3 is 2.84 bits per heavy atom. The number of imidazole rings is 1. The fraction of sp³-hybridized carbons (Fsp3) is 0.333. The summed E-state index contributed by atoms with van der Waals surface area (Å²) in [5.41, 5.74) is 1.04. The molecule has 7 nitrogen and oxygen atoms in total. The number of rotatable bonds is 2. The number of carbonyl (C=O) groups is 1. The number of aryl methyl sites for hydroxylation is 1. The maximum Gasteiger partial charge on any atom is 0.274 e. The smallest absolute Gasteiger partial charge is 0.274 e. The van der Waals surface area contributed by atoms with E-state index in [2.05, 4.69) is 20.2 Å². The van der Waals surface area contributed by atoms with Gasteiger partial charge in [-0.05, 0) is 25.8 Å². The van der Waals surface area contributed by atoms with E-state index in [0.717, 1.165) is 24.4 Å². The van der Waals surface area contributed by atoms with E-state index in [-0.39, 0.29) is 17.4 Å². The molecule has 1 atom stereocenters. The average Bonchev–Trinajstić information content (AvgIpc) is 3.08. The minimum absolute atomic E-state index is 0.152. The van der Waals surface area contributed by atoms with E-state index in [1.165, 1.54) is 0 Å². The van der Waals surface area contributed by atoms with Crippen LogP contribution in [0.25, 0.3) is 10.8 Å². The second kappa shape index (κ2) is 6.16. The number of benzene rings is 1. The molecular formula is C18H19N5O2. The lowest BCUT2D eigenvalue weighted by atomic mass is 9.97. The molecular weight excluding hydrogens is 318 g/mol. The summed E-state index contributed by atoms with van der Waals surface area (Å²) in [7, 11) is 0. The molecule has 1 aliphatic heterocycles. The molecule has 1 saturated heterocycles. The predicted octanol–water partition coefficient (Wildman–Crippen LogP) is 1.97. The van der Waals surface area contributed by atoms with Gasteiger partial charge in [0.2, 0.25) is 0 Å². The topological polar surface area (TPSA) is 94.7 Å². The summed E-state index contributed by atoms with van der Waals surface area (Å²) >= 11 is 0. The van der Waals surface area contributed by atoms with Crippen molar-refractivity contribution in [1.82, 2.24) is 25.1 Å². The molecule has 1 amide bonds. The number of nitrogens with one attached hydrogen (secondary N) is 2. The number of nitrogens with zero attached hydrogens (tertiary/aromatic N) is 3. The van der Waals surface area contributed by atoms with Crippen LogP contribution in [0, 0.1) is 6.92 Å². The van der Waals surface area contributed by atoms with Crippen LogP contribution in [-0.2, 0) is 0 Å². The number of carbonyl (C=O) groups excluding carboxylic acids is 1. The van der Waals surface area contributed by atoms with Crippen molar-refractivity contribution < 1.29 is 4.79 Å². The van der Waals surface area contributed by atoms with Crippen LogP contribution in [0.3, 0.4) is 0 Å². The summed E-state index contributed by atoms with van der Waals surface area (Å²) in [5.74, 6) is 0.968. The molecule has 2 aromatic heterocycles. The Kier molecular flexibility index (Phi) is 3.83. The Labute approximate surface area is 144 Å². The van der Waals surface area contributed by atoms with Crippen molar-refractivity contribution in [1.29, 1.82) is 0 Å². The van der Waals surface area contributed by atoms with Crippen LogP contribution >= 0.6 is 0 Å². The maximum absolute atomic E-state index is 13.0. The quantitative estimate of drug-likeness (QED) is 0.747. The molecule has 7 heteroatoms. The highest BCUT2D eigenvalue weighted by molar-refractivity contribution is 6.04.